The van der Waals surface area contributed by atoms with E-state index in [0.717, 1.165) is 17.3 Å². The first kappa shape index (κ1) is 15.5. The summed E-state index contributed by atoms with van der Waals surface area (Å²) in [5, 5.41) is 4.84. The number of carbonyl (C=O) groups excluding carboxylic acids is 1. The Morgan fingerprint density at radius 1 is 1.45 bits per heavy atom. The molecule has 3 rings (SSSR count). The molecule has 1 aliphatic rings. The van der Waals surface area contributed by atoms with Gasteiger partial charge in [-0.2, -0.15) is 0 Å². The lowest BCUT2D eigenvalue weighted by molar-refractivity contribution is 0.0930. The van der Waals surface area contributed by atoms with Gasteiger partial charge in [0.25, 0.3) is 5.91 Å². The minimum absolute atomic E-state index is 0.0798. The van der Waals surface area contributed by atoms with Crippen molar-refractivity contribution in [2.45, 2.75) is 23.3 Å². The van der Waals surface area contributed by atoms with E-state index in [2.05, 4.69) is 46.5 Å². The number of nitrogens with zero attached hydrogens (tertiary/aromatic N) is 2. The zero-order valence-corrected chi connectivity index (χ0v) is 14.3. The Labute approximate surface area is 138 Å². The van der Waals surface area contributed by atoms with E-state index in [1.165, 1.54) is 22.5 Å². The summed E-state index contributed by atoms with van der Waals surface area (Å²) >= 11 is 3.08. The first-order chi connectivity index (χ1) is 10.7. The molecular weight excluding hydrogens is 314 g/mol. The van der Waals surface area contributed by atoms with Crippen molar-refractivity contribution in [2.75, 3.05) is 19.8 Å². The van der Waals surface area contributed by atoms with Gasteiger partial charge >= 0.3 is 0 Å². The Morgan fingerprint density at radius 2 is 2.23 bits per heavy atom. The fourth-order valence-corrected chi connectivity index (χ4v) is 3.94. The number of thiazole rings is 1. The normalized spacial score (nSPS) is 18.0. The second kappa shape index (κ2) is 6.81. The molecule has 6 heteroatoms. The standard InChI is InChI=1S/C16H19N3OS2/c1-19-9-12-6-4-3-5-11(12)7-13(19)8-17-15(20)14-10-22-16(18-14)21-2/h3-6,10,13H,7-9H2,1-2H3,(H,17,20). The van der Waals surface area contributed by atoms with Crippen molar-refractivity contribution in [3.05, 3.63) is 46.5 Å². The van der Waals surface area contributed by atoms with Crippen LogP contribution in [0.15, 0.2) is 34.0 Å². The highest BCUT2D eigenvalue weighted by Gasteiger charge is 2.23. The first-order valence-electron chi connectivity index (χ1n) is 7.22. The molecule has 2 heterocycles. The summed E-state index contributed by atoms with van der Waals surface area (Å²) < 4.78 is 0.925. The maximum absolute atomic E-state index is 12.2. The summed E-state index contributed by atoms with van der Waals surface area (Å²) in [6, 6.07) is 8.86. The van der Waals surface area contributed by atoms with E-state index < -0.39 is 0 Å². The molecule has 0 saturated carbocycles. The van der Waals surface area contributed by atoms with Gasteiger partial charge in [0.15, 0.2) is 0 Å². The number of benzene rings is 1. The Morgan fingerprint density at radius 3 is 2.95 bits per heavy atom. The molecule has 1 aliphatic heterocycles. The van der Waals surface area contributed by atoms with Crippen molar-refractivity contribution < 1.29 is 4.79 Å². The minimum Gasteiger partial charge on any atom is -0.349 e. The van der Waals surface area contributed by atoms with Crippen LogP contribution < -0.4 is 5.32 Å². The zero-order valence-electron chi connectivity index (χ0n) is 12.7. The van der Waals surface area contributed by atoms with Crippen molar-refractivity contribution in [2.24, 2.45) is 0 Å². The van der Waals surface area contributed by atoms with Gasteiger partial charge in [0.1, 0.15) is 10.0 Å². The zero-order chi connectivity index (χ0) is 15.5. The molecule has 2 aromatic rings. The second-order valence-electron chi connectivity index (χ2n) is 5.45. The maximum Gasteiger partial charge on any atom is 0.270 e. The molecule has 4 nitrogen and oxygen atoms in total. The van der Waals surface area contributed by atoms with E-state index in [9.17, 15) is 4.79 Å². The highest BCUT2D eigenvalue weighted by Crippen LogP contribution is 2.22. The van der Waals surface area contributed by atoms with Gasteiger partial charge in [0.2, 0.25) is 0 Å². The van der Waals surface area contributed by atoms with Gasteiger partial charge in [-0.3, -0.25) is 9.69 Å². The Hall–Kier alpha value is -1.37. The molecule has 0 saturated heterocycles. The van der Waals surface area contributed by atoms with Crippen LogP contribution in [0.3, 0.4) is 0 Å². The minimum atomic E-state index is -0.0798. The number of thioether (sulfide) groups is 1. The summed E-state index contributed by atoms with van der Waals surface area (Å²) in [6.07, 6.45) is 2.94. The quantitative estimate of drug-likeness (QED) is 0.874. The molecule has 1 aromatic carbocycles. The number of nitrogens with one attached hydrogen (secondary N) is 1. The molecule has 0 aliphatic carbocycles. The smallest absolute Gasteiger partial charge is 0.270 e. The topological polar surface area (TPSA) is 45.2 Å². The van der Waals surface area contributed by atoms with Crippen molar-refractivity contribution >= 4 is 29.0 Å². The number of hydrogen-bond acceptors (Lipinski definition) is 5. The largest absolute Gasteiger partial charge is 0.349 e. The highest BCUT2D eigenvalue weighted by atomic mass is 32.2. The number of aromatic nitrogens is 1. The SMILES string of the molecule is CSc1nc(C(=O)NCC2Cc3ccccc3CN2C)cs1. The number of likely N-dealkylation sites (N-methyl/N-ethyl adjacent to an activating group) is 1. The molecule has 0 fully saturated rings. The lowest BCUT2D eigenvalue weighted by Crippen LogP contribution is -2.45. The lowest BCUT2D eigenvalue weighted by Gasteiger charge is -2.34. The number of amides is 1. The summed E-state index contributed by atoms with van der Waals surface area (Å²) in [5.41, 5.74) is 3.29. The van der Waals surface area contributed by atoms with Crippen LogP contribution in [0.2, 0.25) is 0 Å². The number of rotatable bonds is 4. The molecule has 22 heavy (non-hydrogen) atoms. The third-order valence-electron chi connectivity index (χ3n) is 4.01. The Kier molecular flexibility index (Phi) is 4.81. The van der Waals surface area contributed by atoms with E-state index in [0.29, 0.717) is 18.3 Å². The van der Waals surface area contributed by atoms with Crippen LogP contribution in [0.5, 0.6) is 0 Å². The fraction of sp³-hybridized carbons (Fsp3) is 0.375. The molecular formula is C16H19N3OS2. The van der Waals surface area contributed by atoms with Gasteiger partial charge in [-0.15, -0.1) is 11.3 Å². The fourth-order valence-electron chi connectivity index (χ4n) is 2.70. The third-order valence-corrected chi connectivity index (χ3v) is 5.87. The summed E-state index contributed by atoms with van der Waals surface area (Å²) in [7, 11) is 2.11. The molecule has 1 N–H and O–H groups in total. The number of fused-ring (bicyclic) bond motifs is 1. The molecule has 0 radical (unpaired) electrons. The first-order valence-corrected chi connectivity index (χ1v) is 9.32. The molecule has 116 valence electrons. The van der Waals surface area contributed by atoms with Crippen LogP contribution in [0, 0.1) is 0 Å². The van der Waals surface area contributed by atoms with Crippen molar-refractivity contribution in [3.8, 4) is 0 Å². The van der Waals surface area contributed by atoms with Crippen molar-refractivity contribution in [3.63, 3.8) is 0 Å². The predicted octanol–water partition coefficient (Wildman–Crippen LogP) is 2.65. The van der Waals surface area contributed by atoms with Crippen molar-refractivity contribution in [1.29, 1.82) is 0 Å². The van der Waals surface area contributed by atoms with Crippen LogP contribution >= 0.6 is 23.1 Å². The average Bonchev–Trinajstić information content (AvgIpc) is 3.01. The summed E-state index contributed by atoms with van der Waals surface area (Å²) in [5.74, 6) is -0.0798. The number of hydrogen-bond donors (Lipinski definition) is 1. The van der Waals surface area contributed by atoms with Crippen LogP contribution in [0.1, 0.15) is 21.6 Å². The molecule has 1 amide bonds. The second-order valence-corrected chi connectivity index (χ2v) is 7.37. The van der Waals surface area contributed by atoms with Crippen molar-refractivity contribution in [1.82, 2.24) is 15.2 Å². The van der Waals surface area contributed by atoms with Crippen LogP contribution in [0.4, 0.5) is 0 Å². The van der Waals surface area contributed by atoms with E-state index in [4.69, 9.17) is 0 Å². The highest BCUT2D eigenvalue weighted by molar-refractivity contribution is 8.00. The van der Waals surface area contributed by atoms with E-state index >= 15 is 0 Å². The molecule has 1 aromatic heterocycles. The van der Waals surface area contributed by atoms with Gasteiger partial charge in [-0.1, -0.05) is 36.0 Å². The third kappa shape index (κ3) is 3.34. The molecule has 1 unspecified atom stereocenters. The van der Waals surface area contributed by atoms with Crippen LogP contribution in [0.25, 0.3) is 0 Å². The predicted molar refractivity (Wildman–Crippen MR) is 91.6 cm³/mol. The van der Waals surface area contributed by atoms with Gasteiger partial charge in [-0.05, 0) is 30.9 Å². The lowest BCUT2D eigenvalue weighted by atomic mass is 9.94. The van der Waals surface area contributed by atoms with Crippen LogP contribution in [-0.2, 0) is 13.0 Å². The van der Waals surface area contributed by atoms with Gasteiger partial charge in [0, 0.05) is 24.5 Å². The summed E-state index contributed by atoms with van der Waals surface area (Å²) in [6.45, 7) is 1.58. The van der Waals surface area contributed by atoms with Gasteiger partial charge < -0.3 is 5.32 Å². The number of carbonyl (C=O) groups is 1. The molecule has 1 atom stereocenters. The van der Waals surface area contributed by atoms with Gasteiger partial charge in [0.05, 0.1) is 0 Å². The summed E-state index contributed by atoms with van der Waals surface area (Å²) in [4.78, 5) is 18.8. The van der Waals surface area contributed by atoms with E-state index in [1.807, 2.05) is 11.6 Å². The average molecular weight is 333 g/mol. The maximum atomic E-state index is 12.2. The monoisotopic (exact) mass is 333 g/mol. The van der Waals surface area contributed by atoms with E-state index in [1.54, 1.807) is 11.8 Å². The molecule has 0 bridgehead atoms. The molecule has 0 spiro atoms. The Bertz CT molecular complexity index is 671. The Balaban J connectivity index is 1.60. The van der Waals surface area contributed by atoms with Gasteiger partial charge in [-0.25, -0.2) is 4.98 Å². The van der Waals surface area contributed by atoms with Crippen LogP contribution in [-0.4, -0.2) is 41.7 Å². The van der Waals surface area contributed by atoms with E-state index in [-0.39, 0.29) is 5.91 Å².